The Bertz CT molecular complexity index is 652. The van der Waals surface area contributed by atoms with Crippen LogP contribution in [0, 0.1) is 0 Å². The number of carboxylic acids is 1. The molecule has 2 aromatic rings. The maximum atomic E-state index is 11.1. The molecule has 4 nitrogen and oxygen atoms in total. The number of carboxylic acid groups (broad SMARTS) is 1. The van der Waals surface area contributed by atoms with E-state index in [1.807, 2.05) is 6.07 Å². The average molecular weight is 269 g/mol. The maximum Gasteiger partial charge on any atom is 0.354 e. The van der Waals surface area contributed by atoms with E-state index in [1.165, 1.54) is 23.7 Å². The van der Waals surface area contributed by atoms with Gasteiger partial charge in [0.05, 0.1) is 0 Å². The van der Waals surface area contributed by atoms with Crippen molar-refractivity contribution in [3.8, 4) is 5.75 Å². The molecule has 3 rings (SSSR count). The zero-order valence-electron chi connectivity index (χ0n) is 11.0. The molecule has 1 aromatic heterocycles. The summed E-state index contributed by atoms with van der Waals surface area (Å²) in [6, 6.07) is 9.54. The van der Waals surface area contributed by atoms with E-state index < -0.39 is 5.97 Å². The average Bonchev–Trinajstić information content (AvgIpc) is 2.92. The van der Waals surface area contributed by atoms with E-state index in [1.54, 1.807) is 12.1 Å². The summed E-state index contributed by atoms with van der Waals surface area (Å²) < 4.78 is 5.70. The number of aryl methyl sites for hydroxylation is 2. The number of hydrogen-bond donors (Lipinski definition) is 1. The molecule has 0 atom stereocenters. The van der Waals surface area contributed by atoms with Gasteiger partial charge in [0.15, 0.2) is 5.69 Å². The second-order valence-electron chi connectivity index (χ2n) is 4.89. The molecule has 20 heavy (non-hydrogen) atoms. The third-order valence-electron chi connectivity index (χ3n) is 3.56. The van der Waals surface area contributed by atoms with E-state index >= 15 is 0 Å². The molecule has 0 saturated carbocycles. The van der Waals surface area contributed by atoms with Crippen LogP contribution in [0.15, 0.2) is 36.5 Å². The summed E-state index contributed by atoms with van der Waals surface area (Å²) in [5.41, 5.74) is 3.37. The zero-order chi connectivity index (χ0) is 13.9. The molecule has 0 unspecified atom stereocenters. The number of hydrogen-bond acceptors (Lipinski definition) is 3. The second kappa shape index (κ2) is 5.33. The molecule has 0 bridgehead atoms. The first kappa shape index (κ1) is 12.7. The molecule has 0 saturated heterocycles. The Morgan fingerprint density at radius 1 is 1.25 bits per heavy atom. The van der Waals surface area contributed by atoms with Gasteiger partial charge in [0.2, 0.25) is 0 Å². The quantitative estimate of drug-likeness (QED) is 0.927. The van der Waals surface area contributed by atoms with Crippen molar-refractivity contribution in [2.45, 2.75) is 25.9 Å². The standard InChI is InChI=1S/C16H15NO3/c18-16(19)15-13(5-2-8-17-15)10-20-14-7-6-11-3-1-4-12(11)9-14/h2,5-9H,1,3-4,10H2,(H,18,19). The number of nitrogens with zero attached hydrogens (tertiary/aromatic N) is 1. The molecule has 0 radical (unpaired) electrons. The molecule has 0 amide bonds. The number of ether oxygens (including phenoxy) is 1. The molecule has 1 heterocycles. The van der Waals surface area contributed by atoms with Crippen LogP contribution >= 0.6 is 0 Å². The summed E-state index contributed by atoms with van der Waals surface area (Å²) >= 11 is 0. The Kier molecular flexibility index (Phi) is 3.37. The van der Waals surface area contributed by atoms with Crippen LogP contribution in [0.4, 0.5) is 0 Å². The topological polar surface area (TPSA) is 59.4 Å². The van der Waals surface area contributed by atoms with Crippen LogP contribution in [-0.4, -0.2) is 16.1 Å². The molecular weight excluding hydrogens is 254 g/mol. The van der Waals surface area contributed by atoms with Gasteiger partial charge in [-0.05, 0) is 48.6 Å². The van der Waals surface area contributed by atoms with Gasteiger partial charge >= 0.3 is 5.97 Å². The van der Waals surface area contributed by atoms with Crippen molar-refractivity contribution in [3.63, 3.8) is 0 Å². The normalized spacial score (nSPS) is 13.0. The van der Waals surface area contributed by atoms with E-state index in [0.717, 1.165) is 18.6 Å². The lowest BCUT2D eigenvalue weighted by molar-refractivity contribution is 0.0687. The number of aromatic nitrogens is 1. The lowest BCUT2D eigenvalue weighted by Gasteiger charge is -2.09. The fraction of sp³-hybridized carbons (Fsp3) is 0.250. The molecule has 102 valence electrons. The highest BCUT2D eigenvalue weighted by Gasteiger charge is 2.13. The van der Waals surface area contributed by atoms with E-state index in [2.05, 4.69) is 17.1 Å². The van der Waals surface area contributed by atoms with Crippen LogP contribution in [0.25, 0.3) is 0 Å². The highest BCUT2D eigenvalue weighted by Crippen LogP contribution is 2.26. The number of aromatic carboxylic acids is 1. The van der Waals surface area contributed by atoms with Gasteiger partial charge in [0, 0.05) is 11.8 Å². The molecule has 0 spiro atoms. The minimum atomic E-state index is -1.03. The van der Waals surface area contributed by atoms with Gasteiger partial charge in [-0.2, -0.15) is 0 Å². The van der Waals surface area contributed by atoms with Crippen molar-refractivity contribution in [1.29, 1.82) is 0 Å². The Hall–Kier alpha value is -2.36. The minimum absolute atomic E-state index is 0.0497. The van der Waals surface area contributed by atoms with Crippen molar-refractivity contribution < 1.29 is 14.6 Å². The SMILES string of the molecule is O=C(O)c1ncccc1COc1ccc2c(c1)CCC2. The van der Waals surface area contributed by atoms with Crippen LogP contribution in [0.3, 0.4) is 0 Å². The molecule has 1 aliphatic rings. The van der Waals surface area contributed by atoms with Gasteiger partial charge in [-0.25, -0.2) is 9.78 Å². The highest BCUT2D eigenvalue weighted by molar-refractivity contribution is 5.86. The Morgan fingerprint density at radius 3 is 2.95 bits per heavy atom. The fourth-order valence-electron chi connectivity index (χ4n) is 2.55. The smallest absolute Gasteiger partial charge is 0.354 e. The Morgan fingerprint density at radius 2 is 2.10 bits per heavy atom. The van der Waals surface area contributed by atoms with Gasteiger partial charge in [-0.1, -0.05) is 12.1 Å². The molecule has 4 heteroatoms. The summed E-state index contributed by atoms with van der Waals surface area (Å²) in [5, 5.41) is 9.07. The lowest BCUT2D eigenvalue weighted by Crippen LogP contribution is -2.07. The summed E-state index contributed by atoms with van der Waals surface area (Å²) in [6.07, 6.45) is 4.91. The molecular formula is C16H15NO3. The third-order valence-corrected chi connectivity index (χ3v) is 3.56. The van der Waals surface area contributed by atoms with Crippen LogP contribution < -0.4 is 4.74 Å². The number of benzene rings is 1. The van der Waals surface area contributed by atoms with Gasteiger partial charge in [0.1, 0.15) is 12.4 Å². The van der Waals surface area contributed by atoms with Crippen molar-refractivity contribution in [2.24, 2.45) is 0 Å². The van der Waals surface area contributed by atoms with Crippen molar-refractivity contribution in [3.05, 3.63) is 58.9 Å². The van der Waals surface area contributed by atoms with Crippen LogP contribution in [0.5, 0.6) is 5.75 Å². The zero-order valence-corrected chi connectivity index (χ0v) is 11.0. The minimum Gasteiger partial charge on any atom is -0.489 e. The van der Waals surface area contributed by atoms with Crippen LogP contribution in [0.2, 0.25) is 0 Å². The van der Waals surface area contributed by atoms with Crippen molar-refractivity contribution in [1.82, 2.24) is 4.98 Å². The predicted octanol–water partition coefficient (Wildman–Crippen LogP) is 2.85. The largest absolute Gasteiger partial charge is 0.489 e. The number of carbonyl (C=O) groups is 1. The summed E-state index contributed by atoms with van der Waals surface area (Å²) in [5.74, 6) is -0.246. The fourth-order valence-corrected chi connectivity index (χ4v) is 2.55. The molecule has 1 aliphatic carbocycles. The van der Waals surface area contributed by atoms with Crippen molar-refractivity contribution in [2.75, 3.05) is 0 Å². The Labute approximate surface area is 117 Å². The van der Waals surface area contributed by atoms with Gasteiger partial charge < -0.3 is 9.84 Å². The van der Waals surface area contributed by atoms with E-state index in [9.17, 15) is 4.79 Å². The van der Waals surface area contributed by atoms with Gasteiger partial charge in [-0.15, -0.1) is 0 Å². The summed E-state index contributed by atoms with van der Waals surface area (Å²) in [6.45, 7) is 0.217. The first-order chi connectivity index (χ1) is 9.74. The van der Waals surface area contributed by atoms with E-state index in [-0.39, 0.29) is 12.3 Å². The highest BCUT2D eigenvalue weighted by atomic mass is 16.5. The van der Waals surface area contributed by atoms with Gasteiger partial charge in [-0.3, -0.25) is 0 Å². The number of fused-ring (bicyclic) bond motifs is 1. The summed E-state index contributed by atoms with van der Waals surface area (Å²) in [4.78, 5) is 14.9. The number of pyridine rings is 1. The van der Waals surface area contributed by atoms with Crippen molar-refractivity contribution >= 4 is 5.97 Å². The van der Waals surface area contributed by atoms with E-state index in [4.69, 9.17) is 9.84 Å². The molecule has 0 fully saturated rings. The van der Waals surface area contributed by atoms with E-state index in [0.29, 0.717) is 5.56 Å². The molecule has 0 aliphatic heterocycles. The first-order valence-corrected chi connectivity index (χ1v) is 6.66. The third kappa shape index (κ3) is 2.50. The Balaban J connectivity index is 1.75. The first-order valence-electron chi connectivity index (χ1n) is 6.66. The summed E-state index contributed by atoms with van der Waals surface area (Å²) in [7, 11) is 0. The predicted molar refractivity (Wildman–Crippen MR) is 74.0 cm³/mol. The lowest BCUT2D eigenvalue weighted by atomic mass is 10.1. The monoisotopic (exact) mass is 269 g/mol. The second-order valence-corrected chi connectivity index (χ2v) is 4.89. The van der Waals surface area contributed by atoms with Gasteiger partial charge in [0.25, 0.3) is 0 Å². The van der Waals surface area contributed by atoms with Crippen LogP contribution in [-0.2, 0) is 19.4 Å². The van der Waals surface area contributed by atoms with Crippen LogP contribution in [0.1, 0.15) is 33.6 Å². The molecule has 1 N–H and O–H groups in total. The number of rotatable bonds is 4. The maximum absolute atomic E-state index is 11.1. The molecule has 1 aromatic carbocycles.